The van der Waals surface area contributed by atoms with Crippen LogP contribution in [0.2, 0.25) is 0 Å². The van der Waals surface area contributed by atoms with Crippen LogP contribution in [0.3, 0.4) is 0 Å². The van der Waals surface area contributed by atoms with Crippen LogP contribution in [0.15, 0.2) is 22.3 Å². The summed E-state index contributed by atoms with van der Waals surface area (Å²) in [5.74, 6) is 1.06. The third kappa shape index (κ3) is 3.17. The van der Waals surface area contributed by atoms with Crippen molar-refractivity contribution in [3.05, 3.63) is 12.3 Å². The van der Waals surface area contributed by atoms with E-state index in [2.05, 4.69) is 35.3 Å². The van der Waals surface area contributed by atoms with E-state index in [4.69, 9.17) is 17.3 Å². The lowest BCUT2D eigenvalue weighted by Crippen LogP contribution is -2.45. The molecule has 5 heteroatoms. The smallest absolute Gasteiger partial charge is 0.149 e. The first-order valence-electron chi connectivity index (χ1n) is 8.41. The Balaban J connectivity index is 2.22. The summed E-state index contributed by atoms with van der Waals surface area (Å²) in [7, 11) is 0. The lowest BCUT2D eigenvalue weighted by molar-refractivity contribution is 0.208. The molecule has 4 nitrogen and oxygen atoms in total. The molecule has 1 saturated carbocycles. The Morgan fingerprint density at radius 3 is 2.82 bits per heavy atom. The first-order valence-corrected chi connectivity index (χ1v) is 8.85. The highest BCUT2D eigenvalue weighted by Crippen LogP contribution is 2.43. The van der Waals surface area contributed by atoms with E-state index in [1.807, 2.05) is 19.5 Å². The maximum absolute atomic E-state index is 6.77. The molecule has 1 aliphatic heterocycles. The molecule has 0 aromatic rings. The van der Waals surface area contributed by atoms with Crippen molar-refractivity contribution >= 4 is 24.2 Å². The van der Waals surface area contributed by atoms with Gasteiger partial charge in [-0.1, -0.05) is 26.8 Å². The molecule has 0 aromatic carbocycles. The highest BCUT2D eigenvalue weighted by Gasteiger charge is 2.46. The number of hydrogen-bond acceptors (Lipinski definition) is 4. The third-order valence-corrected chi connectivity index (χ3v) is 5.72. The summed E-state index contributed by atoms with van der Waals surface area (Å²) >= 11 is 6.77. The summed E-state index contributed by atoms with van der Waals surface area (Å²) in [6.07, 6.45) is 8.27. The van der Waals surface area contributed by atoms with Gasteiger partial charge in [0, 0.05) is 17.1 Å². The molecule has 1 aliphatic carbocycles. The van der Waals surface area contributed by atoms with Gasteiger partial charge in [-0.3, -0.25) is 9.98 Å². The topological polar surface area (TPSA) is 54.0 Å². The molecule has 2 rings (SSSR count). The van der Waals surface area contributed by atoms with Crippen LogP contribution < -0.4 is 5.73 Å². The minimum Gasteiger partial charge on any atom is -0.401 e. The lowest BCUT2D eigenvalue weighted by atomic mass is 9.97. The Morgan fingerprint density at radius 2 is 2.27 bits per heavy atom. The predicted octanol–water partition coefficient (Wildman–Crippen LogP) is 3.41. The highest BCUT2D eigenvalue weighted by molar-refractivity contribution is 6.21. The zero-order chi connectivity index (χ0) is 16.3. The number of hydrogen-bond donors (Lipinski definition) is 1. The van der Waals surface area contributed by atoms with Crippen molar-refractivity contribution < 1.29 is 0 Å². The molecule has 2 N–H and O–H groups in total. The predicted molar refractivity (Wildman–Crippen MR) is 95.6 cm³/mol. The fourth-order valence-electron chi connectivity index (χ4n) is 4.00. The van der Waals surface area contributed by atoms with E-state index >= 15 is 0 Å². The van der Waals surface area contributed by atoms with Gasteiger partial charge in [-0.05, 0) is 44.2 Å². The quantitative estimate of drug-likeness (QED) is 0.601. The maximum Gasteiger partial charge on any atom is 0.149 e. The zero-order valence-electron chi connectivity index (χ0n) is 14.0. The minimum absolute atomic E-state index is 0.0641. The zero-order valence-corrected chi connectivity index (χ0v) is 14.7. The largest absolute Gasteiger partial charge is 0.401 e. The van der Waals surface area contributed by atoms with Crippen LogP contribution in [-0.4, -0.2) is 41.1 Å². The van der Waals surface area contributed by atoms with Gasteiger partial charge in [-0.25, -0.2) is 0 Å². The Morgan fingerprint density at radius 1 is 1.55 bits per heavy atom. The van der Waals surface area contributed by atoms with Gasteiger partial charge in [0.1, 0.15) is 12.2 Å². The van der Waals surface area contributed by atoms with Gasteiger partial charge in [0.2, 0.25) is 0 Å². The highest BCUT2D eigenvalue weighted by atomic mass is 35.5. The van der Waals surface area contributed by atoms with E-state index in [-0.39, 0.29) is 17.6 Å². The summed E-state index contributed by atoms with van der Waals surface area (Å²) in [6, 6.07) is 0.249. The van der Waals surface area contributed by atoms with E-state index in [1.165, 1.54) is 12.8 Å². The SMILES string of the molecule is C=C(N)C1N=CN(C2CC(CCC)C(Cl)C2CC)C1N=CC. The second-order valence-electron chi connectivity index (χ2n) is 6.42. The van der Waals surface area contributed by atoms with Gasteiger partial charge >= 0.3 is 0 Å². The van der Waals surface area contributed by atoms with Gasteiger partial charge in [0.25, 0.3) is 0 Å². The molecule has 22 heavy (non-hydrogen) atoms. The molecule has 0 radical (unpaired) electrons. The molecular formula is C17H29ClN4. The monoisotopic (exact) mass is 324 g/mol. The number of aliphatic imine (C=N–C) groups is 2. The van der Waals surface area contributed by atoms with E-state index in [0.717, 1.165) is 12.8 Å². The molecule has 0 amide bonds. The summed E-state index contributed by atoms with van der Waals surface area (Å²) in [4.78, 5) is 11.4. The van der Waals surface area contributed by atoms with Crippen LogP contribution in [0.1, 0.15) is 46.5 Å². The Hall–Kier alpha value is -1.03. The first-order chi connectivity index (χ1) is 10.5. The number of halogens is 1. The van der Waals surface area contributed by atoms with Gasteiger partial charge in [-0.15, -0.1) is 11.6 Å². The summed E-state index contributed by atoms with van der Waals surface area (Å²) < 4.78 is 0. The van der Waals surface area contributed by atoms with Crippen LogP contribution in [0, 0.1) is 11.8 Å². The summed E-state index contributed by atoms with van der Waals surface area (Å²) in [6.45, 7) is 10.3. The Bertz CT molecular complexity index is 448. The van der Waals surface area contributed by atoms with Crippen molar-refractivity contribution in [3.8, 4) is 0 Å². The number of nitrogens with two attached hydrogens (primary N) is 1. The summed E-state index contributed by atoms with van der Waals surface area (Å²) in [5, 5.41) is 0.245. The standard InChI is InChI=1S/C17H29ClN4/c1-5-8-12-9-14(13(6-2)15(12)18)22-10-21-16(11(4)19)17(22)20-7-3/h7,10,12-17H,4-6,8-9,19H2,1-3H3. The van der Waals surface area contributed by atoms with Crippen LogP contribution in [0.25, 0.3) is 0 Å². The molecule has 6 unspecified atom stereocenters. The minimum atomic E-state index is -0.146. The molecule has 124 valence electrons. The van der Waals surface area contributed by atoms with E-state index in [1.54, 1.807) is 0 Å². The van der Waals surface area contributed by atoms with Gasteiger partial charge in [0.05, 0.1) is 6.34 Å². The average molecular weight is 325 g/mol. The molecule has 6 atom stereocenters. The van der Waals surface area contributed by atoms with Crippen molar-refractivity contribution in [1.82, 2.24) is 4.90 Å². The second kappa shape index (κ2) is 7.49. The molecular weight excluding hydrogens is 296 g/mol. The number of rotatable bonds is 6. The van der Waals surface area contributed by atoms with Crippen molar-refractivity contribution in [2.45, 2.75) is 70.1 Å². The van der Waals surface area contributed by atoms with E-state index < -0.39 is 0 Å². The third-order valence-electron chi connectivity index (χ3n) is 5.04. The second-order valence-corrected chi connectivity index (χ2v) is 6.92. The number of nitrogens with zero attached hydrogens (tertiary/aromatic N) is 3. The Labute approximate surface area is 139 Å². The molecule has 2 aliphatic rings. The molecule has 1 fully saturated rings. The van der Waals surface area contributed by atoms with Crippen molar-refractivity contribution in [2.24, 2.45) is 27.6 Å². The number of alkyl halides is 1. The fourth-order valence-corrected chi connectivity index (χ4v) is 4.58. The van der Waals surface area contributed by atoms with E-state index in [0.29, 0.717) is 23.6 Å². The fraction of sp³-hybridized carbons (Fsp3) is 0.765. The van der Waals surface area contributed by atoms with Crippen LogP contribution >= 0.6 is 11.6 Å². The maximum atomic E-state index is 6.77. The van der Waals surface area contributed by atoms with Gasteiger partial charge in [0.15, 0.2) is 0 Å². The normalized spacial score (nSPS) is 38.3. The van der Waals surface area contributed by atoms with Crippen molar-refractivity contribution in [2.75, 3.05) is 0 Å². The Kier molecular flexibility index (Phi) is 5.90. The lowest BCUT2D eigenvalue weighted by Gasteiger charge is -2.34. The first kappa shape index (κ1) is 17.3. The van der Waals surface area contributed by atoms with Crippen molar-refractivity contribution in [1.29, 1.82) is 0 Å². The molecule has 0 spiro atoms. The molecule has 0 bridgehead atoms. The van der Waals surface area contributed by atoms with Crippen LogP contribution in [-0.2, 0) is 0 Å². The van der Waals surface area contributed by atoms with Crippen LogP contribution in [0.4, 0.5) is 0 Å². The molecule has 1 heterocycles. The average Bonchev–Trinajstić information content (AvgIpc) is 3.02. The van der Waals surface area contributed by atoms with Gasteiger partial charge in [-0.2, -0.15) is 0 Å². The molecule has 0 aromatic heterocycles. The summed E-state index contributed by atoms with van der Waals surface area (Å²) in [5.41, 5.74) is 6.49. The van der Waals surface area contributed by atoms with Gasteiger partial charge < -0.3 is 10.6 Å². The molecule has 0 saturated heterocycles. The van der Waals surface area contributed by atoms with Crippen molar-refractivity contribution in [3.63, 3.8) is 0 Å². The van der Waals surface area contributed by atoms with Crippen LogP contribution in [0.5, 0.6) is 0 Å². The van der Waals surface area contributed by atoms with E-state index in [9.17, 15) is 0 Å².